The van der Waals surface area contributed by atoms with Crippen LogP contribution in [-0.2, 0) is 16.0 Å². The van der Waals surface area contributed by atoms with E-state index in [1.54, 1.807) is 6.92 Å². The monoisotopic (exact) mass is 294 g/mol. The molecule has 0 fully saturated rings. The van der Waals surface area contributed by atoms with Crippen LogP contribution < -0.4 is 0 Å². The third-order valence-electron chi connectivity index (χ3n) is 2.79. The minimum Gasteiger partial charge on any atom is -0.458 e. The first-order chi connectivity index (χ1) is 10.1. The van der Waals surface area contributed by atoms with Crippen LogP contribution in [0, 0.1) is 12.7 Å². The fraction of sp³-hybridized carbons (Fsp3) is 0.385. The van der Waals surface area contributed by atoms with E-state index in [9.17, 15) is 9.18 Å². The summed E-state index contributed by atoms with van der Waals surface area (Å²) in [6.07, 6.45) is 2.65. The molecule has 0 saturated heterocycles. The van der Waals surface area contributed by atoms with Crippen molar-refractivity contribution in [2.24, 2.45) is 0 Å². The van der Waals surface area contributed by atoms with Crippen LogP contribution in [0.4, 0.5) is 4.39 Å². The summed E-state index contributed by atoms with van der Waals surface area (Å²) in [7, 11) is 1.52. The van der Waals surface area contributed by atoms with Crippen LogP contribution in [-0.4, -0.2) is 46.3 Å². The van der Waals surface area contributed by atoms with Crippen molar-refractivity contribution >= 4 is 5.97 Å². The Morgan fingerprint density at radius 1 is 1.38 bits per heavy atom. The summed E-state index contributed by atoms with van der Waals surface area (Å²) in [5.41, 5.74) is 1.31. The van der Waals surface area contributed by atoms with Gasteiger partial charge in [0, 0.05) is 13.3 Å². The molecule has 21 heavy (non-hydrogen) atoms. The molecule has 2 heterocycles. The van der Waals surface area contributed by atoms with Gasteiger partial charge in [-0.15, -0.1) is 5.10 Å². The van der Waals surface area contributed by atoms with E-state index in [4.69, 9.17) is 9.47 Å². The predicted molar refractivity (Wildman–Crippen MR) is 70.2 cm³/mol. The van der Waals surface area contributed by atoms with Gasteiger partial charge in [0.15, 0.2) is 5.69 Å². The highest BCUT2D eigenvalue weighted by molar-refractivity contribution is 5.88. The van der Waals surface area contributed by atoms with Crippen molar-refractivity contribution in [1.29, 1.82) is 0 Å². The maximum absolute atomic E-state index is 13.1. The number of carbonyl (C=O) groups excluding carboxylic acids is 1. The first-order valence-corrected chi connectivity index (χ1v) is 6.27. The predicted octanol–water partition coefficient (Wildman–Crippen LogP) is 0.972. The van der Waals surface area contributed by atoms with E-state index < -0.39 is 11.8 Å². The van der Waals surface area contributed by atoms with Crippen LogP contribution in [0.25, 0.3) is 0 Å². The van der Waals surface area contributed by atoms with Crippen LogP contribution in [0.5, 0.6) is 0 Å². The molecule has 0 saturated carbocycles. The van der Waals surface area contributed by atoms with Crippen molar-refractivity contribution in [3.8, 4) is 0 Å². The van der Waals surface area contributed by atoms with Crippen LogP contribution in [0.1, 0.15) is 21.7 Å². The van der Waals surface area contributed by atoms with E-state index in [0.717, 1.165) is 6.20 Å². The Morgan fingerprint density at radius 2 is 2.19 bits per heavy atom. The van der Waals surface area contributed by atoms with Crippen LogP contribution in [0.3, 0.4) is 0 Å². The number of ether oxygens (including phenoxy) is 2. The van der Waals surface area contributed by atoms with Gasteiger partial charge < -0.3 is 9.47 Å². The topological polar surface area (TPSA) is 79.1 Å². The Morgan fingerprint density at radius 3 is 2.90 bits per heavy atom. The van der Waals surface area contributed by atoms with Crippen LogP contribution in [0.2, 0.25) is 0 Å². The Kier molecular flexibility index (Phi) is 4.94. The zero-order valence-electron chi connectivity index (χ0n) is 11.7. The molecule has 0 bridgehead atoms. The fourth-order valence-corrected chi connectivity index (χ4v) is 1.70. The van der Waals surface area contributed by atoms with E-state index in [2.05, 4.69) is 15.3 Å². The number of methoxy groups -OCH3 is 1. The van der Waals surface area contributed by atoms with Crippen molar-refractivity contribution in [2.75, 3.05) is 20.3 Å². The average molecular weight is 294 g/mol. The lowest BCUT2D eigenvalue weighted by atomic mass is 10.2. The van der Waals surface area contributed by atoms with Gasteiger partial charge in [0.05, 0.1) is 25.0 Å². The molecule has 0 atom stereocenters. The van der Waals surface area contributed by atoms with Gasteiger partial charge in [0.25, 0.3) is 0 Å². The molecule has 2 aromatic heterocycles. The van der Waals surface area contributed by atoms with Gasteiger partial charge in [-0.2, -0.15) is 0 Å². The maximum Gasteiger partial charge on any atom is 0.360 e. The Labute approximate surface area is 120 Å². The fourth-order valence-electron chi connectivity index (χ4n) is 1.70. The van der Waals surface area contributed by atoms with E-state index in [1.165, 1.54) is 24.1 Å². The molecule has 0 aliphatic heterocycles. The molecule has 7 nitrogen and oxygen atoms in total. The van der Waals surface area contributed by atoms with Crippen molar-refractivity contribution in [3.05, 3.63) is 41.2 Å². The third-order valence-corrected chi connectivity index (χ3v) is 2.79. The molecule has 2 aromatic rings. The van der Waals surface area contributed by atoms with E-state index in [1.807, 2.05) is 0 Å². The molecule has 0 amide bonds. The van der Waals surface area contributed by atoms with Gasteiger partial charge in [-0.05, 0) is 18.6 Å². The molecule has 0 N–H and O–H groups in total. The molecule has 0 aromatic carbocycles. The zero-order valence-corrected chi connectivity index (χ0v) is 11.7. The number of aromatic nitrogens is 4. The number of halogens is 1. The summed E-state index contributed by atoms with van der Waals surface area (Å²) in [6.45, 7) is 2.43. The largest absolute Gasteiger partial charge is 0.458 e. The lowest BCUT2D eigenvalue weighted by Gasteiger charge is -2.04. The number of nitrogens with zero attached hydrogens (tertiary/aromatic N) is 4. The lowest BCUT2D eigenvalue weighted by Crippen LogP contribution is -2.12. The zero-order chi connectivity index (χ0) is 15.2. The Balaban J connectivity index is 2.08. The second kappa shape index (κ2) is 6.89. The number of pyridine rings is 1. The van der Waals surface area contributed by atoms with Gasteiger partial charge in [-0.3, -0.25) is 4.98 Å². The first kappa shape index (κ1) is 15.0. The quantitative estimate of drug-likeness (QED) is 0.583. The highest BCUT2D eigenvalue weighted by atomic mass is 19.1. The molecule has 112 valence electrons. The summed E-state index contributed by atoms with van der Waals surface area (Å²) in [5.74, 6) is -0.988. The molecule has 0 aliphatic carbocycles. The summed E-state index contributed by atoms with van der Waals surface area (Å²) < 4.78 is 24.3. The van der Waals surface area contributed by atoms with Gasteiger partial charge in [0.1, 0.15) is 12.4 Å². The highest BCUT2D eigenvalue weighted by Gasteiger charge is 2.18. The smallest absolute Gasteiger partial charge is 0.360 e. The summed E-state index contributed by atoms with van der Waals surface area (Å²) >= 11 is 0. The summed E-state index contributed by atoms with van der Waals surface area (Å²) in [6, 6.07) is 1.35. The molecule has 0 spiro atoms. The van der Waals surface area contributed by atoms with Crippen molar-refractivity contribution in [2.45, 2.75) is 13.5 Å². The molecule has 0 radical (unpaired) electrons. The minimum atomic E-state index is -0.562. The second-order valence-electron chi connectivity index (χ2n) is 4.32. The summed E-state index contributed by atoms with van der Waals surface area (Å²) in [5, 5.41) is 7.67. The number of hydrogen-bond donors (Lipinski definition) is 0. The van der Waals surface area contributed by atoms with Gasteiger partial charge in [-0.25, -0.2) is 13.9 Å². The Hall–Kier alpha value is -2.35. The molecule has 8 heteroatoms. The van der Waals surface area contributed by atoms with E-state index in [0.29, 0.717) is 17.9 Å². The minimum absolute atomic E-state index is 0.135. The van der Waals surface area contributed by atoms with Gasteiger partial charge in [-0.1, -0.05) is 5.21 Å². The number of rotatable bonds is 6. The average Bonchev–Trinajstić information content (AvgIpc) is 2.80. The second-order valence-corrected chi connectivity index (χ2v) is 4.32. The summed E-state index contributed by atoms with van der Waals surface area (Å²) in [4.78, 5) is 15.6. The lowest BCUT2D eigenvalue weighted by molar-refractivity contribution is 0.0380. The molecule has 0 aliphatic rings. The van der Waals surface area contributed by atoms with Crippen molar-refractivity contribution in [3.63, 3.8) is 0 Å². The first-order valence-electron chi connectivity index (χ1n) is 6.27. The number of hydrogen-bond acceptors (Lipinski definition) is 6. The van der Waals surface area contributed by atoms with E-state index in [-0.39, 0.29) is 18.8 Å². The maximum atomic E-state index is 13.1. The van der Waals surface area contributed by atoms with Crippen molar-refractivity contribution < 1.29 is 18.7 Å². The van der Waals surface area contributed by atoms with Gasteiger partial charge in [0.2, 0.25) is 0 Å². The number of esters is 1. The SMILES string of the molecule is COCCOC(=O)c1nnn(Cc2cncc(F)c2)c1C. The van der Waals surface area contributed by atoms with Crippen LogP contribution >= 0.6 is 0 Å². The molecular formula is C13H15FN4O3. The standard InChI is InChI=1S/C13H15FN4O3/c1-9-12(13(19)21-4-3-20-2)16-17-18(9)8-10-5-11(14)7-15-6-10/h5-7H,3-4,8H2,1-2H3. The third kappa shape index (κ3) is 3.82. The van der Waals surface area contributed by atoms with E-state index >= 15 is 0 Å². The van der Waals surface area contributed by atoms with Crippen LogP contribution in [0.15, 0.2) is 18.5 Å². The normalized spacial score (nSPS) is 10.6. The van der Waals surface area contributed by atoms with Gasteiger partial charge >= 0.3 is 5.97 Å². The number of carbonyl (C=O) groups is 1. The molecule has 2 rings (SSSR count). The Bertz CT molecular complexity index is 630. The molecule has 0 unspecified atom stereocenters. The van der Waals surface area contributed by atoms with Crippen molar-refractivity contribution in [1.82, 2.24) is 20.0 Å². The highest BCUT2D eigenvalue weighted by Crippen LogP contribution is 2.09. The molecular weight excluding hydrogens is 279 g/mol.